The summed E-state index contributed by atoms with van der Waals surface area (Å²) < 4.78 is 22.5. The monoisotopic (exact) mass is 277 g/mol. The molecule has 0 spiro atoms. The third kappa shape index (κ3) is 3.44. The lowest BCUT2D eigenvalue weighted by atomic mass is 9.80. The normalized spacial score (nSPS) is 21.4. The van der Waals surface area contributed by atoms with Crippen LogP contribution in [0.1, 0.15) is 20.8 Å². The molecule has 1 aliphatic heterocycles. The molecule has 104 valence electrons. The van der Waals surface area contributed by atoms with Crippen molar-refractivity contribution in [1.82, 2.24) is 4.90 Å². The lowest BCUT2D eigenvalue weighted by Crippen LogP contribution is -2.50. The van der Waals surface area contributed by atoms with Gasteiger partial charge in [-0.1, -0.05) is 20.8 Å². The highest BCUT2D eigenvalue weighted by Gasteiger charge is 2.41. The second-order valence-electron chi connectivity index (χ2n) is 5.61. The van der Waals surface area contributed by atoms with Crippen LogP contribution in [0.4, 0.5) is 0 Å². The highest BCUT2D eigenvalue weighted by molar-refractivity contribution is 7.91. The number of carbonyl (C=O) groups is 2. The van der Waals surface area contributed by atoms with Crippen LogP contribution in [0.3, 0.4) is 0 Å². The molecule has 1 rings (SSSR count). The zero-order chi connectivity index (χ0) is 14.1. The van der Waals surface area contributed by atoms with Gasteiger partial charge in [-0.25, -0.2) is 8.42 Å². The lowest BCUT2D eigenvalue weighted by molar-refractivity contribution is -0.156. The fourth-order valence-electron chi connectivity index (χ4n) is 1.96. The van der Waals surface area contributed by atoms with Gasteiger partial charge in [0.05, 0.1) is 11.5 Å². The van der Waals surface area contributed by atoms with Gasteiger partial charge in [0, 0.05) is 13.1 Å². The van der Waals surface area contributed by atoms with Crippen molar-refractivity contribution in [2.75, 3.05) is 24.6 Å². The quantitative estimate of drug-likeness (QED) is 0.717. The molecule has 1 heterocycles. The van der Waals surface area contributed by atoms with Crippen LogP contribution in [-0.4, -0.2) is 54.9 Å². The maximum absolute atomic E-state index is 12.1. The minimum atomic E-state index is -3.07. The molecule has 0 aromatic rings. The Labute approximate surface area is 107 Å². The number of sulfone groups is 1. The Balaban J connectivity index is 2.84. The lowest BCUT2D eigenvalue weighted by Gasteiger charge is -2.33. The summed E-state index contributed by atoms with van der Waals surface area (Å²) >= 11 is 0. The average molecular weight is 277 g/mol. The second-order valence-corrected chi connectivity index (χ2v) is 7.92. The number of nitrogens with zero attached hydrogens (tertiary/aromatic N) is 1. The fourth-order valence-corrected chi connectivity index (χ4v) is 3.16. The average Bonchev–Trinajstić information content (AvgIpc) is 2.13. The van der Waals surface area contributed by atoms with Crippen molar-refractivity contribution in [3.05, 3.63) is 0 Å². The van der Waals surface area contributed by atoms with Crippen molar-refractivity contribution < 1.29 is 23.1 Å². The molecule has 1 atom stereocenters. The van der Waals surface area contributed by atoms with Crippen LogP contribution in [0.5, 0.6) is 0 Å². The summed E-state index contributed by atoms with van der Waals surface area (Å²) in [4.78, 5) is 24.7. The molecule has 1 amide bonds. The van der Waals surface area contributed by atoms with E-state index in [1.807, 2.05) is 0 Å². The molecule has 1 N–H and O–H groups in total. The molecule has 7 heteroatoms. The Morgan fingerprint density at radius 3 is 1.94 bits per heavy atom. The smallest absolute Gasteiger partial charge is 0.316 e. The van der Waals surface area contributed by atoms with E-state index in [0.717, 1.165) is 0 Å². The van der Waals surface area contributed by atoms with Crippen molar-refractivity contribution in [2.45, 2.75) is 20.8 Å². The van der Waals surface area contributed by atoms with Crippen molar-refractivity contribution >= 4 is 21.7 Å². The van der Waals surface area contributed by atoms with Gasteiger partial charge in [-0.3, -0.25) is 9.59 Å². The van der Waals surface area contributed by atoms with Crippen molar-refractivity contribution in [1.29, 1.82) is 0 Å². The number of carbonyl (C=O) groups excluding carboxylic acids is 1. The Hall–Kier alpha value is -1.11. The first-order chi connectivity index (χ1) is 8.04. The number of hydrogen-bond donors (Lipinski definition) is 1. The van der Waals surface area contributed by atoms with E-state index in [4.69, 9.17) is 5.11 Å². The maximum atomic E-state index is 12.1. The van der Waals surface area contributed by atoms with Crippen LogP contribution in [0.25, 0.3) is 0 Å². The zero-order valence-electron chi connectivity index (χ0n) is 10.8. The number of carboxylic acid groups (broad SMARTS) is 1. The summed E-state index contributed by atoms with van der Waals surface area (Å²) in [5.41, 5.74) is -0.695. The molecule has 0 bridgehead atoms. The minimum Gasteiger partial charge on any atom is -0.481 e. The van der Waals surface area contributed by atoms with Crippen LogP contribution in [0.15, 0.2) is 0 Å². The Kier molecular flexibility index (Phi) is 4.05. The first-order valence-electron chi connectivity index (χ1n) is 5.76. The van der Waals surface area contributed by atoms with Crippen LogP contribution in [0, 0.1) is 11.3 Å². The van der Waals surface area contributed by atoms with Gasteiger partial charge in [-0.05, 0) is 5.41 Å². The molecule has 0 radical (unpaired) electrons. The standard InChI is InChI=1S/C11H19NO5S/c1-11(2,3)8(10(14)15)9(13)12-4-6-18(16,17)7-5-12/h8H,4-7H2,1-3H3,(H,14,15). The predicted molar refractivity (Wildman–Crippen MR) is 65.8 cm³/mol. The van der Waals surface area contributed by atoms with E-state index in [9.17, 15) is 18.0 Å². The van der Waals surface area contributed by atoms with Crippen molar-refractivity contribution in [3.63, 3.8) is 0 Å². The van der Waals surface area contributed by atoms with E-state index in [-0.39, 0.29) is 24.6 Å². The molecule has 1 unspecified atom stereocenters. The predicted octanol–water partition coefficient (Wildman–Crippen LogP) is -0.00970. The molecule has 1 saturated heterocycles. The van der Waals surface area contributed by atoms with Crippen LogP contribution in [-0.2, 0) is 19.4 Å². The third-order valence-electron chi connectivity index (χ3n) is 3.02. The molecular weight excluding hydrogens is 258 g/mol. The zero-order valence-corrected chi connectivity index (χ0v) is 11.7. The number of hydrogen-bond acceptors (Lipinski definition) is 4. The number of rotatable bonds is 2. The number of aliphatic carboxylic acids is 1. The van der Waals surface area contributed by atoms with E-state index < -0.39 is 33.0 Å². The summed E-state index contributed by atoms with van der Waals surface area (Å²) in [5, 5.41) is 9.15. The van der Waals surface area contributed by atoms with E-state index in [2.05, 4.69) is 0 Å². The molecule has 0 aromatic carbocycles. The summed E-state index contributed by atoms with van der Waals surface area (Å²) in [7, 11) is -3.07. The van der Waals surface area contributed by atoms with Crippen LogP contribution in [0.2, 0.25) is 0 Å². The van der Waals surface area contributed by atoms with Gasteiger partial charge >= 0.3 is 5.97 Å². The van der Waals surface area contributed by atoms with E-state index in [0.29, 0.717) is 0 Å². The molecule has 0 saturated carbocycles. The minimum absolute atomic E-state index is 0.0844. The highest BCUT2D eigenvalue weighted by Crippen LogP contribution is 2.28. The summed E-state index contributed by atoms with van der Waals surface area (Å²) in [6.45, 7) is 5.22. The first kappa shape index (κ1) is 14.9. The fraction of sp³-hybridized carbons (Fsp3) is 0.818. The molecule has 6 nitrogen and oxygen atoms in total. The summed E-state index contributed by atoms with van der Waals surface area (Å²) in [5.74, 6) is -2.98. The number of amides is 1. The maximum Gasteiger partial charge on any atom is 0.316 e. The molecule has 0 aliphatic carbocycles. The SMILES string of the molecule is CC(C)(C)C(C(=O)O)C(=O)N1CCS(=O)(=O)CC1. The largest absolute Gasteiger partial charge is 0.481 e. The van der Waals surface area contributed by atoms with Gasteiger partial charge in [-0.15, -0.1) is 0 Å². The molecule has 1 fully saturated rings. The molecule has 0 aromatic heterocycles. The van der Waals surface area contributed by atoms with E-state index >= 15 is 0 Å². The molecule has 18 heavy (non-hydrogen) atoms. The first-order valence-corrected chi connectivity index (χ1v) is 7.59. The van der Waals surface area contributed by atoms with Gasteiger partial charge in [0.25, 0.3) is 0 Å². The van der Waals surface area contributed by atoms with Gasteiger partial charge in [-0.2, -0.15) is 0 Å². The Bertz CT molecular complexity index is 435. The Morgan fingerprint density at radius 1 is 1.17 bits per heavy atom. The topological polar surface area (TPSA) is 91.8 Å². The number of carboxylic acids is 1. The van der Waals surface area contributed by atoms with Gasteiger partial charge in [0.15, 0.2) is 9.84 Å². The molecular formula is C11H19NO5S. The van der Waals surface area contributed by atoms with Crippen molar-refractivity contribution in [2.24, 2.45) is 11.3 Å². The van der Waals surface area contributed by atoms with E-state index in [1.165, 1.54) is 4.90 Å². The Morgan fingerprint density at radius 2 is 1.61 bits per heavy atom. The van der Waals surface area contributed by atoms with Gasteiger partial charge in [0.1, 0.15) is 5.92 Å². The van der Waals surface area contributed by atoms with Gasteiger partial charge in [0.2, 0.25) is 5.91 Å². The van der Waals surface area contributed by atoms with Gasteiger partial charge < -0.3 is 10.0 Å². The molecule has 1 aliphatic rings. The summed E-state index contributed by atoms with van der Waals surface area (Å²) in [6.07, 6.45) is 0. The van der Waals surface area contributed by atoms with Crippen LogP contribution >= 0.6 is 0 Å². The third-order valence-corrected chi connectivity index (χ3v) is 4.63. The van der Waals surface area contributed by atoms with Crippen molar-refractivity contribution in [3.8, 4) is 0 Å². The summed E-state index contributed by atoms with van der Waals surface area (Å²) in [6, 6.07) is 0. The van der Waals surface area contributed by atoms with E-state index in [1.54, 1.807) is 20.8 Å². The van der Waals surface area contributed by atoms with Crippen LogP contribution < -0.4 is 0 Å². The highest BCUT2D eigenvalue weighted by atomic mass is 32.2. The second kappa shape index (κ2) is 4.87.